The Kier molecular flexibility index (Phi) is 10.8. The summed E-state index contributed by atoms with van der Waals surface area (Å²) < 4.78 is 0. The van der Waals surface area contributed by atoms with Gasteiger partial charge in [-0.3, -0.25) is 0 Å². The van der Waals surface area contributed by atoms with Gasteiger partial charge in [-0.25, -0.2) is 4.79 Å². The highest BCUT2D eigenvalue weighted by atomic mass is 16.4. The van der Waals surface area contributed by atoms with E-state index in [-0.39, 0.29) is 11.5 Å². The molecule has 0 spiro atoms. The van der Waals surface area contributed by atoms with Crippen LogP contribution in [0.5, 0.6) is 0 Å². The molecule has 2 rings (SSSR count). The SMILES string of the molecule is C1CCCC1.C1CCCC1.C=C(C(=O)O)C(C)C. The molecule has 106 valence electrons. The number of carboxylic acid groups (broad SMARTS) is 1. The lowest BCUT2D eigenvalue weighted by atomic mass is 10.1. The Morgan fingerprint density at radius 2 is 1.06 bits per heavy atom. The highest BCUT2D eigenvalue weighted by molar-refractivity contribution is 5.86. The van der Waals surface area contributed by atoms with Crippen molar-refractivity contribution in [3.05, 3.63) is 12.2 Å². The summed E-state index contributed by atoms with van der Waals surface area (Å²) in [7, 11) is 0. The normalized spacial score (nSPS) is 17.5. The largest absolute Gasteiger partial charge is 0.478 e. The fourth-order valence-electron chi connectivity index (χ4n) is 2.01. The van der Waals surface area contributed by atoms with Crippen LogP contribution < -0.4 is 0 Å². The summed E-state index contributed by atoms with van der Waals surface area (Å²) in [5.74, 6) is -0.854. The number of aliphatic carboxylic acids is 1. The first-order chi connectivity index (χ1) is 8.55. The monoisotopic (exact) mass is 254 g/mol. The van der Waals surface area contributed by atoms with E-state index in [1.165, 1.54) is 64.2 Å². The van der Waals surface area contributed by atoms with Crippen molar-refractivity contribution in [3.63, 3.8) is 0 Å². The predicted molar refractivity (Wildman–Crippen MR) is 77.8 cm³/mol. The summed E-state index contributed by atoms with van der Waals surface area (Å²) in [6.45, 7) is 6.96. The number of rotatable bonds is 2. The summed E-state index contributed by atoms with van der Waals surface area (Å²) in [5.41, 5.74) is 0.269. The smallest absolute Gasteiger partial charge is 0.331 e. The van der Waals surface area contributed by atoms with Crippen molar-refractivity contribution in [2.75, 3.05) is 0 Å². The Morgan fingerprint density at radius 3 is 1.11 bits per heavy atom. The molecule has 0 atom stereocenters. The van der Waals surface area contributed by atoms with Crippen LogP contribution in [0.15, 0.2) is 12.2 Å². The molecule has 2 fully saturated rings. The third-order valence-corrected chi connectivity index (χ3v) is 3.47. The number of hydrogen-bond donors (Lipinski definition) is 1. The average molecular weight is 254 g/mol. The van der Waals surface area contributed by atoms with Crippen molar-refractivity contribution in [2.45, 2.75) is 78.1 Å². The molecular formula is C16H30O2. The third kappa shape index (κ3) is 10.4. The summed E-state index contributed by atoms with van der Waals surface area (Å²) in [6, 6.07) is 0. The first-order valence-corrected chi connectivity index (χ1v) is 7.47. The summed E-state index contributed by atoms with van der Waals surface area (Å²) >= 11 is 0. The van der Waals surface area contributed by atoms with E-state index in [4.69, 9.17) is 5.11 Å². The Morgan fingerprint density at radius 1 is 0.833 bits per heavy atom. The van der Waals surface area contributed by atoms with Gasteiger partial charge in [0.2, 0.25) is 0 Å². The fourth-order valence-corrected chi connectivity index (χ4v) is 2.01. The molecule has 2 heteroatoms. The quantitative estimate of drug-likeness (QED) is 0.689. The standard InChI is InChI=1S/C6H10O2.2C5H10/c1-4(2)5(3)6(7)8;2*1-2-4-5-3-1/h4H,3H2,1-2H3,(H,7,8);2*1-5H2. The molecule has 1 N–H and O–H groups in total. The molecule has 18 heavy (non-hydrogen) atoms. The molecule has 2 nitrogen and oxygen atoms in total. The van der Waals surface area contributed by atoms with E-state index < -0.39 is 5.97 Å². The van der Waals surface area contributed by atoms with Crippen LogP contribution in [0.3, 0.4) is 0 Å². The second kappa shape index (κ2) is 11.3. The zero-order valence-electron chi connectivity index (χ0n) is 12.2. The second-order valence-corrected chi connectivity index (χ2v) is 5.52. The maximum Gasteiger partial charge on any atom is 0.331 e. The van der Waals surface area contributed by atoms with E-state index in [1.54, 1.807) is 13.8 Å². The van der Waals surface area contributed by atoms with Crippen molar-refractivity contribution in [1.29, 1.82) is 0 Å². The van der Waals surface area contributed by atoms with Crippen molar-refractivity contribution in [3.8, 4) is 0 Å². The molecule has 0 aromatic carbocycles. The topological polar surface area (TPSA) is 37.3 Å². The van der Waals surface area contributed by atoms with Crippen LogP contribution in [0.25, 0.3) is 0 Å². The van der Waals surface area contributed by atoms with Crippen molar-refractivity contribution < 1.29 is 9.90 Å². The minimum Gasteiger partial charge on any atom is -0.478 e. The minimum atomic E-state index is -0.903. The molecule has 2 saturated carbocycles. The highest BCUT2D eigenvalue weighted by Gasteiger charge is 2.06. The molecule has 0 aliphatic heterocycles. The Bertz CT molecular complexity index is 198. The summed E-state index contributed by atoms with van der Waals surface area (Å²) in [6.07, 6.45) is 15.0. The van der Waals surface area contributed by atoms with Gasteiger partial charge in [0.05, 0.1) is 0 Å². The molecule has 0 amide bonds. The molecular weight excluding hydrogens is 224 g/mol. The summed E-state index contributed by atoms with van der Waals surface area (Å²) in [4.78, 5) is 10.0. The van der Waals surface area contributed by atoms with Crippen LogP contribution >= 0.6 is 0 Å². The van der Waals surface area contributed by atoms with Gasteiger partial charge in [0.1, 0.15) is 0 Å². The lowest BCUT2D eigenvalue weighted by molar-refractivity contribution is -0.133. The van der Waals surface area contributed by atoms with E-state index in [2.05, 4.69) is 6.58 Å². The molecule has 2 aliphatic carbocycles. The molecule has 0 bridgehead atoms. The van der Waals surface area contributed by atoms with Gasteiger partial charge in [-0.2, -0.15) is 0 Å². The lowest BCUT2D eigenvalue weighted by Crippen LogP contribution is -2.04. The maximum atomic E-state index is 10.0. The Balaban J connectivity index is 0.000000250. The second-order valence-electron chi connectivity index (χ2n) is 5.52. The van der Waals surface area contributed by atoms with Gasteiger partial charge in [-0.1, -0.05) is 84.6 Å². The molecule has 0 aromatic heterocycles. The number of carbonyl (C=O) groups is 1. The van der Waals surface area contributed by atoms with Crippen LogP contribution in [0.4, 0.5) is 0 Å². The first-order valence-electron chi connectivity index (χ1n) is 7.47. The van der Waals surface area contributed by atoms with Gasteiger partial charge in [0.15, 0.2) is 0 Å². The molecule has 2 aliphatic rings. The van der Waals surface area contributed by atoms with Crippen LogP contribution in [0, 0.1) is 5.92 Å². The highest BCUT2D eigenvalue weighted by Crippen LogP contribution is 2.15. The van der Waals surface area contributed by atoms with Crippen LogP contribution in [-0.4, -0.2) is 11.1 Å². The summed E-state index contributed by atoms with van der Waals surface area (Å²) in [5, 5.41) is 8.25. The Hall–Kier alpha value is -0.790. The van der Waals surface area contributed by atoms with Crippen molar-refractivity contribution in [2.24, 2.45) is 5.92 Å². The van der Waals surface area contributed by atoms with Crippen LogP contribution in [0.2, 0.25) is 0 Å². The van der Waals surface area contributed by atoms with Crippen LogP contribution in [0.1, 0.15) is 78.1 Å². The minimum absolute atomic E-state index is 0.0486. The van der Waals surface area contributed by atoms with E-state index in [0.29, 0.717) is 0 Å². The van der Waals surface area contributed by atoms with E-state index in [1.807, 2.05) is 0 Å². The molecule has 0 unspecified atom stereocenters. The lowest BCUT2D eigenvalue weighted by Gasteiger charge is -2.00. The predicted octanol–water partition coefficient (Wildman–Crippen LogP) is 5.18. The van der Waals surface area contributed by atoms with Gasteiger partial charge in [0.25, 0.3) is 0 Å². The Labute approximate surface area is 112 Å². The molecule has 0 heterocycles. The molecule has 0 radical (unpaired) electrons. The fraction of sp³-hybridized carbons (Fsp3) is 0.812. The van der Waals surface area contributed by atoms with Crippen molar-refractivity contribution >= 4 is 5.97 Å². The number of hydrogen-bond acceptors (Lipinski definition) is 1. The van der Waals surface area contributed by atoms with Gasteiger partial charge in [-0.05, 0) is 5.92 Å². The molecule has 0 aromatic rings. The zero-order valence-corrected chi connectivity index (χ0v) is 12.2. The van der Waals surface area contributed by atoms with Gasteiger partial charge in [0, 0.05) is 5.57 Å². The average Bonchev–Trinajstić information content (AvgIpc) is 3.05. The zero-order chi connectivity index (χ0) is 13.8. The van der Waals surface area contributed by atoms with Gasteiger partial charge < -0.3 is 5.11 Å². The molecule has 0 saturated heterocycles. The third-order valence-electron chi connectivity index (χ3n) is 3.47. The number of carboxylic acids is 1. The van der Waals surface area contributed by atoms with Gasteiger partial charge >= 0.3 is 5.97 Å². The van der Waals surface area contributed by atoms with E-state index in [9.17, 15) is 4.79 Å². The maximum absolute atomic E-state index is 10.0. The van der Waals surface area contributed by atoms with Gasteiger partial charge in [-0.15, -0.1) is 0 Å². The van der Waals surface area contributed by atoms with E-state index >= 15 is 0 Å². The van der Waals surface area contributed by atoms with Crippen LogP contribution in [-0.2, 0) is 4.79 Å². The van der Waals surface area contributed by atoms with E-state index in [0.717, 1.165) is 0 Å². The first kappa shape index (κ1) is 17.2. The van der Waals surface area contributed by atoms with Crippen molar-refractivity contribution in [1.82, 2.24) is 0 Å².